The van der Waals surface area contributed by atoms with Gasteiger partial charge in [0.05, 0.1) is 11.1 Å². The highest BCUT2D eigenvalue weighted by Crippen LogP contribution is 2.33. The molecule has 4 aromatic rings. The number of imidazole rings is 1. The van der Waals surface area contributed by atoms with E-state index >= 15 is 0 Å². The number of benzene rings is 1. The summed E-state index contributed by atoms with van der Waals surface area (Å²) in [7, 11) is 3.80. The van der Waals surface area contributed by atoms with Crippen LogP contribution in [0.1, 0.15) is 32.9 Å². The predicted molar refractivity (Wildman–Crippen MR) is 140 cm³/mol. The second kappa shape index (κ2) is 12.5. The predicted octanol–water partition coefficient (Wildman–Crippen LogP) is 3.23. The van der Waals surface area contributed by atoms with Crippen molar-refractivity contribution in [2.45, 2.75) is 12.7 Å². The summed E-state index contributed by atoms with van der Waals surface area (Å²) in [5, 5.41) is 2.94. The molecule has 0 aliphatic carbocycles. The van der Waals surface area contributed by atoms with Crippen molar-refractivity contribution in [3.8, 4) is 11.8 Å². The molecule has 0 bridgehead atoms. The lowest BCUT2D eigenvalue weighted by Crippen LogP contribution is -2.44. The summed E-state index contributed by atoms with van der Waals surface area (Å²) in [6.07, 6.45) is 4.74. The van der Waals surface area contributed by atoms with E-state index in [0.29, 0.717) is 17.9 Å². The van der Waals surface area contributed by atoms with Crippen LogP contribution in [-0.2, 0) is 12.7 Å². The second-order valence-corrected chi connectivity index (χ2v) is 8.85. The average Bonchev–Trinajstić information content (AvgIpc) is 3.41. The highest BCUT2D eigenvalue weighted by Gasteiger charge is 2.34. The first kappa shape index (κ1) is 27.7. The van der Waals surface area contributed by atoms with Crippen LogP contribution >= 0.6 is 0 Å². The first-order valence-corrected chi connectivity index (χ1v) is 12.1. The molecule has 1 N–H and O–H groups in total. The van der Waals surface area contributed by atoms with Crippen LogP contribution in [0.3, 0.4) is 0 Å². The number of anilines is 1. The zero-order valence-corrected chi connectivity index (χ0v) is 21.5. The van der Waals surface area contributed by atoms with Crippen molar-refractivity contribution in [2.24, 2.45) is 0 Å². The summed E-state index contributed by atoms with van der Waals surface area (Å²) in [5.41, 5.74) is 0.358. The number of rotatable bonds is 4. The number of alkyl halides is 3. The topological polar surface area (TPSA) is 91.5 Å². The van der Waals surface area contributed by atoms with Crippen LogP contribution in [0.15, 0.2) is 55.2 Å². The van der Waals surface area contributed by atoms with E-state index in [1.165, 1.54) is 12.1 Å². The van der Waals surface area contributed by atoms with Crippen LogP contribution in [-0.4, -0.2) is 80.7 Å². The van der Waals surface area contributed by atoms with E-state index < -0.39 is 11.7 Å². The molecule has 39 heavy (non-hydrogen) atoms. The molecule has 202 valence electrons. The van der Waals surface area contributed by atoms with Gasteiger partial charge in [-0.05, 0) is 30.7 Å². The summed E-state index contributed by atoms with van der Waals surface area (Å²) in [6.45, 7) is 3.48. The number of fused-ring (bicyclic) bond motifs is 1. The number of hydrogen-bond donors (Lipinski definition) is 1. The molecule has 0 unspecified atom stereocenters. The number of carbonyl (C=O) groups excluding carboxylic acids is 1. The zero-order chi connectivity index (χ0) is 27.8. The summed E-state index contributed by atoms with van der Waals surface area (Å²) in [6, 6.07) is 5.56. The van der Waals surface area contributed by atoms with Crippen LogP contribution in [0.25, 0.3) is 5.78 Å². The van der Waals surface area contributed by atoms with Gasteiger partial charge in [0, 0.05) is 76.3 Å². The van der Waals surface area contributed by atoms with E-state index in [2.05, 4.69) is 42.0 Å². The Kier molecular flexibility index (Phi) is 8.85. The first-order valence-electron chi connectivity index (χ1n) is 12.1. The number of nitrogens with one attached hydrogen (secondary N) is 1. The average molecular weight is 537 g/mol. The summed E-state index contributed by atoms with van der Waals surface area (Å²) in [4.78, 5) is 31.4. The first-order chi connectivity index (χ1) is 18.7. The fourth-order valence-corrected chi connectivity index (χ4v) is 3.88. The molecule has 0 spiro atoms. The van der Waals surface area contributed by atoms with Gasteiger partial charge in [-0.25, -0.2) is 19.9 Å². The number of likely N-dealkylation sites (N-methyl/N-ethyl adjacent to an activating group) is 1. The molecule has 12 heteroatoms. The van der Waals surface area contributed by atoms with Crippen LogP contribution in [0.5, 0.6) is 0 Å². The zero-order valence-electron chi connectivity index (χ0n) is 21.5. The molecule has 4 heterocycles. The molecule has 0 amide bonds. The maximum absolute atomic E-state index is 13.0. The summed E-state index contributed by atoms with van der Waals surface area (Å²) in [5.74, 6) is 7.75. The standard InChI is InChI=1S/C14H17F3N2O.C13H10N6/c1-18-4-6-19(7-5-18)9-12-3-2-11(10-20)8-13(12)14(15,16)17;1-14-11-4-5-15-12(18-11)3-2-10-8-17-13-16-6-7-19(13)9-10/h2-3,8,10H,4-7,9H2,1H3;4-9H,1H3,(H,14,15,18). The molecule has 1 aliphatic rings. The smallest absolute Gasteiger partial charge is 0.373 e. The van der Waals surface area contributed by atoms with Crippen molar-refractivity contribution in [1.82, 2.24) is 34.1 Å². The van der Waals surface area contributed by atoms with Gasteiger partial charge in [-0.3, -0.25) is 14.1 Å². The van der Waals surface area contributed by atoms with Crippen LogP contribution < -0.4 is 5.32 Å². The highest BCUT2D eigenvalue weighted by atomic mass is 19.4. The van der Waals surface area contributed by atoms with Crippen LogP contribution in [0.4, 0.5) is 19.0 Å². The quantitative estimate of drug-likeness (QED) is 0.314. The van der Waals surface area contributed by atoms with Crippen molar-refractivity contribution in [1.29, 1.82) is 0 Å². The van der Waals surface area contributed by atoms with Gasteiger partial charge < -0.3 is 10.2 Å². The molecule has 0 radical (unpaired) electrons. The number of aldehydes is 1. The Morgan fingerprint density at radius 2 is 1.85 bits per heavy atom. The molecule has 1 aliphatic heterocycles. The van der Waals surface area contributed by atoms with Gasteiger partial charge in [0.25, 0.3) is 0 Å². The molecule has 3 aromatic heterocycles. The molecule has 1 fully saturated rings. The molecule has 5 rings (SSSR count). The van der Waals surface area contributed by atoms with E-state index in [-0.39, 0.29) is 17.7 Å². The minimum atomic E-state index is -4.43. The summed E-state index contributed by atoms with van der Waals surface area (Å²) >= 11 is 0. The minimum Gasteiger partial charge on any atom is -0.373 e. The van der Waals surface area contributed by atoms with Crippen molar-refractivity contribution in [3.05, 3.63) is 83.3 Å². The highest BCUT2D eigenvalue weighted by molar-refractivity contribution is 5.75. The van der Waals surface area contributed by atoms with Crippen molar-refractivity contribution >= 4 is 17.9 Å². The van der Waals surface area contributed by atoms with Crippen molar-refractivity contribution in [3.63, 3.8) is 0 Å². The fourth-order valence-electron chi connectivity index (χ4n) is 3.88. The third-order valence-corrected chi connectivity index (χ3v) is 6.04. The van der Waals surface area contributed by atoms with Gasteiger partial charge in [-0.15, -0.1) is 0 Å². The van der Waals surface area contributed by atoms with Gasteiger partial charge in [-0.1, -0.05) is 18.1 Å². The number of nitrogens with zero attached hydrogens (tertiary/aromatic N) is 7. The molecular formula is C27H27F3N8O. The lowest BCUT2D eigenvalue weighted by atomic mass is 10.0. The third-order valence-electron chi connectivity index (χ3n) is 6.04. The van der Waals surface area contributed by atoms with E-state index in [9.17, 15) is 18.0 Å². The molecule has 0 saturated carbocycles. The van der Waals surface area contributed by atoms with Crippen molar-refractivity contribution < 1.29 is 18.0 Å². The van der Waals surface area contributed by atoms with Crippen LogP contribution in [0.2, 0.25) is 0 Å². The Morgan fingerprint density at radius 3 is 2.56 bits per heavy atom. The Morgan fingerprint density at radius 1 is 1.05 bits per heavy atom. The molecule has 1 aromatic carbocycles. The Labute approximate surface area is 223 Å². The molecule has 0 atom stereocenters. The summed E-state index contributed by atoms with van der Waals surface area (Å²) < 4.78 is 40.9. The van der Waals surface area contributed by atoms with Crippen molar-refractivity contribution in [2.75, 3.05) is 45.6 Å². The number of aromatic nitrogens is 5. The van der Waals surface area contributed by atoms with E-state index in [1.807, 2.05) is 28.7 Å². The lowest BCUT2D eigenvalue weighted by molar-refractivity contribution is -0.138. The number of carbonyl (C=O) groups is 1. The maximum atomic E-state index is 13.0. The Hall–Kier alpha value is -4.34. The third kappa shape index (κ3) is 7.59. The second-order valence-electron chi connectivity index (χ2n) is 8.85. The Bertz CT molecular complexity index is 1480. The number of piperazine rings is 1. The van der Waals surface area contributed by atoms with Gasteiger partial charge >= 0.3 is 6.18 Å². The molecular weight excluding hydrogens is 509 g/mol. The number of hydrogen-bond acceptors (Lipinski definition) is 8. The van der Waals surface area contributed by atoms with E-state index in [4.69, 9.17) is 0 Å². The van der Waals surface area contributed by atoms with E-state index in [0.717, 1.165) is 43.6 Å². The monoisotopic (exact) mass is 536 g/mol. The normalized spacial score (nSPS) is 14.2. The Balaban J connectivity index is 0.000000181. The lowest BCUT2D eigenvalue weighted by Gasteiger charge is -2.32. The SMILES string of the molecule is CN1CCN(Cc2ccc(C=O)cc2C(F)(F)F)CC1.CNc1ccnc(C#Cc2cnc3nccn3c2)n1. The molecule has 9 nitrogen and oxygen atoms in total. The van der Waals surface area contributed by atoms with Crippen LogP contribution in [0, 0.1) is 11.8 Å². The van der Waals surface area contributed by atoms with Gasteiger partial charge in [0.1, 0.15) is 12.1 Å². The van der Waals surface area contributed by atoms with Gasteiger partial charge in [-0.2, -0.15) is 13.2 Å². The largest absolute Gasteiger partial charge is 0.416 e. The number of halogens is 3. The van der Waals surface area contributed by atoms with Gasteiger partial charge in [0.15, 0.2) is 0 Å². The molecule has 1 saturated heterocycles. The maximum Gasteiger partial charge on any atom is 0.416 e. The van der Waals surface area contributed by atoms with E-state index in [1.54, 1.807) is 31.7 Å². The van der Waals surface area contributed by atoms with Gasteiger partial charge in [0.2, 0.25) is 11.6 Å². The fraction of sp³-hybridized carbons (Fsp3) is 0.296. The minimum absolute atomic E-state index is 0.0550.